The second-order valence-electron chi connectivity index (χ2n) is 8.15. The van der Waals surface area contributed by atoms with E-state index in [0.717, 1.165) is 16.5 Å². The molecule has 0 unspecified atom stereocenters. The molecule has 35 heavy (non-hydrogen) atoms. The van der Waals surface area contributed by atoms with Gasteiger partial charge < -0.3 is 19.3 Å². The van der Waals surface area contributed by atoms with E-state index in [9.17, 15) is 9.59 Å². The highest BCUT2D eigenvalue weighted by Crippen LogP contribution is 2.34. The highest BCUT2D eigenvalue weighted by atomic mass is 79.9. The Bertz CT molecular complexity index is 1170. The Morgan fingerprint density at radius 3 is 2.74 bits per heavy atom. The maximum Gasteiger partial charge on any atom is 0.254 e. The monoisotopic (exact) mass is 576 g/mol. The first-order valence-electron chi connectivity index (χ1n) is 11.2. The Hall–Kier alpha value is -2.39. The van der Waals surface area contributed by atoms with Gasteiger partial charge in [-0.25, -0.2) is 0 Å². The Morgan fingerprint density at radius 1 is 1.20 bits per heavy atom. The molecular weight excluding hydrogens is 552 g/mol. The smallest absolute Gasteiger partial charge is 0.254 e. The number of fused-ring (bicyclic) bond motifs is 1. The van der Waals surface area contributed by atoms with E-state index in [1.165, 1.54) is 4.88 Å². The van der Waals surface area contributed by atoms with E-state index < -0.39 is 0 Å². The minimum absolute atomic E-state index is 0.0361. The quantitative estimate of drug-likeness (QED) is 0.339. The Kier molecular flexibility index (Phi) is 8.83. The first-order chi connectivity index (χ1) is 17.0. The molecule has 184 valence electrons. The molecule has 1 atom stereocenters. The van der Waals surface area contributed by atoms with Gasteiger partial charge in [-0.05, 0) is 65.9 Å². The lowest BCUT2D eigenvalue weighted by Crippen LogP contribution is -2.48. The molecule has 0 spiro atoms. The molecule has 2 heterocycles. The molecule has 2 amide bonds. The van der Waals surface area contributed by atoms with Crippen molar-refractivity contribution in [2.75, 3.05) is 40.0 Å². The maximum atomic E-state index is 13.6. The first-order valence-corrected chi connectivity index (χ1v) is 13.3. The van der Waals surface area contributed by atoms with E-state index in [2.05, 4.69) is 27.4 Å². The Balaban J connectivity index is 1.52. The molecule has 0 radical (unpaired) electrons. The molecule has 0 fully saturated rings. The number of ether oxygens (including phenoxy) is 2. The largest absolute Gasteiger partial charge is 0.491 e. The van der Waals surface area contributed by atoms with Gasteiger partial charge in [0.1, 0.15) is 18.9 Å². The fraction of sp³-hybridized carbons (Fsp3) is 0.308. The zero-order valence-corrected chi connectivity index (χ0v) is 22.4. The standard InChI is InChI=1S/C26H26BrClN2O4S/c1-33-13-12-29(26(32)18-3-2-4-19(27)15-18)16-25(31)30-11-9-24-22(10-14-35-24)23(30)17-34-21-7-5-20(28)6-8-21/h2-8,10,14-15,23H,9,11-13,16-17H2,1H3/t23-/m1/s1. The van der Waals surface area contributed by atoms with Crippen LogP contribution in [0.1, 0.15) is 26.8 Å². The van der Waals surface area contributed by atoms with Gasteiger partial charge in [-0.2, -0.15) is 0 Å². The minimum atomic E-state index is -0.238. The minimum Gasteiger partial charge on any atom is -0.491 e. The van der Waals surface area contributed by atoms with Gasteiger partial charge >= 0.3 is 0 Å². The summed E-state index contributed by atoms with van der Waals surface area (Å²) < 4.78 is 12.1. The number of rotatable bonds is 9. The summed E-state index contributed by atoms with van der Waals surface area (Å²) >= 11 is 11.1. The number of thiophene rings is 1. The molecule has 9 heteroatoms. The summed E-state index contributed by atoms with van der Waals surface area (Å²) in [5, 5.41) is 2.69. The molecule has 3 aromatic rings. The van der Waals surface area contributed by atoms with Crippen molar-refractivity contribution in [3.05, 3.63) is 85.5 Å². The maximum absolute atomic E-state index is 13.6. The number of amides is 2. The number of benzene rings is 2. The van der Waals surface area contributed by atoms with Crippen molar-refractivity contribution in [1.82, 2.24) is 9.80 Å². The van der Waals surface area contributed by atoms with Crippen molar-refractivity contribution >= 4 is 50.7 Å². The summed E-state index contributed by atoms with van der Waals surface area (Å²) in [6.45, 7) is 1.51. The van der Waals surface area contributed by atoms with Crippen LogP contribution in [-0.4, -0.2) is 61.6 Å². The lowest BCUT2D eigenvalue weighted by atomic mass is 10.0. The van der Waals surface area contributed by atoms with Gasteiger partial charge in [0.2, 0.25) is 5.91 Å². The SMILES string of the molecule is COCCN(CC(=O)N1CCc2sccc2[C@H]1COc1ccc(Cl)cc1)C(=O)c1cccc(Br)c1. The molecule has 0 N–H and O–H groups in total. The number of nitrogens with zero attached hydrogens (tertiary/aromatic N) is 2. The van der Waals surface area contributed by atoms with Crippen LogP contribution in [0.25, 0.3) is 0 Å². The Labute approximate surface area is 222 Å². The van der Waals surface area contributed by atoms with E-state index in [0.29, 0.717) is 42.6 Å². The third-order valence-electron chi connectivity index (χ3n) is 5.89. The Morgan fingerprint density at radius 2 is 2.00 bits per heavy atom. The number of carbonyl (C=O) groups is 2. The normalized spacial score (nSPS) is 14.9. The summed E-state index contributed by atoms with van der Waals surface area (Å²) in [6, 6.07) is 16.2. The third kappa shape index (κ3) is 6.44. The van der Waals surface area contributed by atoms with Gasteiger partial charge in [0.15, 0.2) is 0 Å². The highest BCUT2D eigenvalue weighted by Gasteiger charge is 2.33. The van der Waals surface area contributed by atoms with Crippen LogP contribution in [0.2, 0.25) is 5.02 Å². The highest BCUT2D eigenvalue weighted by molar-refractivity contribution is 9.10. The predicted octanol–water partition coefficient (Wildman–Crippen LogP) is 5.46. The predicted molar refractivity (Wildman–Crippen MR) is 141 cm³/mol. The van der Waals surface area contributed by atoms with Gasteiger partial charge in [0, 0.05) is 40.1 Å². The van der Waals surface area contributed by atoms with Crippen molar-refractivity contribution in [2.45, 2.75) is 12.5 Å². The van der Waals surface area contributed by atoms with Gasteiger partial charge in [-0.3, -0.25) is 9.59 Å². The van der Waals surface area contributed by atoms with Crippen molar-refractivity contribution < 1.29 is 19.1 Å². The van der Waals surface area contributed by atoms with E-state index in [1.807, 2.05) is 23.1 Å². The van der Waals surface area contributed by atoms with Crippen molar-refractivity contribution in [2.24, 2.45) is 0 Å². The van der Waals surface area contributed by atoms with Gasteiger partial charge in [0.05, 0.1) is 12.6 Å². The number of carbonyl (C=O) groups excluding carboxylic acids is 2. The van der Waals surface area contributed by atoms with Crippen LogP contribution < -0.4 is 4.74 Å². The molecule has 1 aliphatic rings. The van der Waals surface area contributed by atoms with E-state index in [1.54, 1.807) is 53.7 Å². The third-order valence-corrected chi connectivity index (χ3v) is 7.63. The van der Waals surface area contributed by atoms with Crippen LogP contribution in [0.4, 0.5) is 0 Å². The lowest BCUT2D eigenvalue weighted by molar-refractivity contribution is -0.135. The molecule has 1 aliphatic heterocycles. The van der Waals surface area contributed by atoms with E-state index in [-0.39, 0.29) is 24.4 Å². The molecule has 0 bridgehead atoms. The number of hydrogen-bond donors (Lipinski definition) is 0. The van der Waals surface area contributed by atoms with Crippen LogP contribution in [0.3, 0.4) is 0 Å². The summed E-state index contributed by atoms with van der Waals surface area (Å²) in [4.78, 5) is 31.5. The zero-order chi connectivity index (χ0) is 24.8. The summed E-state index contributed by atoms with van der Waals surface area (Å²) in [7, 11) is 1.58. The van der Waals surface area contributed by atoms with Crippen molar-refractivity contribution in [1.29, 1.82) is 0 Å². The molecule has 6 nitrogen and oxygen atoms in total. The number of hydrogen-bond acceptors (Lipinski definition) is 5. The molecule has 2 aromatic carbocycles. The summed E-state index contributed by atoms with van der Waals surface area (Å²) in [6.07, 6.45) is 0.786. The molecular formula is C26H26BrClN2O4S. The van der Waals surface area contributed by atoms with Gasteiger partial charge in [0.25, 0.3) is 5.91 Å². The topological polar surface area (TPSA) is 59.1 Å². The van der Waals surface area contributed by atoms with Crippen LogP contribution in [0.5, 0.6) is 5.75 Å². The summed E-state index contributed by atoms with van der Waals surface area (Å²) in [5.74, 6) is 0.362. The average molecular weight is 578 g/mol. The fourth-order valence-corrected chi connectivity index (χ4v) is 5.55. The van der Waals surface area contributed by atoms with E-state index in [4.69, 9.17) is 21.1 Å². The van der Waals surface area contributed by atoms with Crippen LogP contribution >= 0.6 is 38.9 Å². The van der Waals surface area contributed by atoms with Crippen molar-refractivity contribution in [3.8, 4) is 5.75 Å². The molecule has 0 saturated carbocycles. The number of halogens is 2. The second-order valence-corrected chi connectivity index (χ2v) is 10.5. The average Bonchev–Trinajstić information content (AvgIpc) is 3.34. The second kappa shape index (κ2) is 12.0. The lowest BCUT2D eigenvalue weighted by Gasteiger charge is -2.37. The summed E-state index contributed by atoms with van der Waals surface area (Å²) in [5.41, 5.74) is 1.62. The number of methoxy groups -OCH3 is 1. The molecule has 1 aromatic heterocycles. The van der Waals surface area contributed by atoms with Gasteiger partial charge in [-0.15, -0.1) is 11.3 Å². The van der Waals surface area contributed by atoms with Crippen LogP contribution in [0.15, 0.2) is 64.5 Å². The molecule has 0 saturated heterocycles. The van der Waals surface area contributed by atoms with E-state index >= 15 is 0 Å². The van der Waals surface area contributed by atoms with Crippen LogP contribution in [-0.2, 0) is 16.0 Å². The van der Waals surface area contributed by atoms with Gasteiger partial charge in [-0.1, -0.05) is 33.6 Å². The fourth-order valence-electron chi connectivity index (χ4n) is 4.09. The molecule has 4 rings (SSSR count). The van der Waals surface area contributed by atoms with Crippen molar-refractivity contribution in [3.63, 3.8) is 0 Å². The molecule has 0 aliphatic carbocycles. The zero-order valence-electron chi connectivity index (χ0n) is 19.3. The van der Waals surface area contributed by atoms with Crippen LogP contribution in [0, 0.1) is 0 Å². The first kappa shape index (κ1) is 25.7.